The van der Waals surface area contributed by atoms with E-state index in [2.05, 4.69) is 9.62 Å². The molecule has 1 aromatic carbocycles. The van der Waals surface area contributed by atoms with E-state index in [0.29, 0.717) is 31.2 Å². The number of amides is 1. The zero-order chi connectivity index (χ0) is 16.2. The van der Waals surface area contributed by atoms with Crippen LogP contribution in [-0.2, 0) is 14.8 Å². The molecule has 1 saturated heterocycles. The summed E-state index contributed by atoms with van der Waals surface area (Å²) in [7, 11) is -3.33. The molecule has 1 fully saturated rings. The average Bonchev–Trinajstić information content (AvgIpc) is 2.53. The third-order valence-corrected chi connectivity index (χ3v) is 5.21. The number of rotatable bonds is 5. The van der Waals surface area contributed by atoms with E-state index in [0.717, 1.165) is 5.69 Å². The molecule has 22 heavy (non-hydrogen) atoms. The summed E-state index contributed by atoms with van der Waals surface area (Å²) in [5.74, 6) is -0.217. The molecule has 0 radical (unpaired) electrons. The minimum atomic E-state index is -3.33. The van der Waals surface area contributed by atoms with Gasteiger partial charge in [-0.1, -0.05) is 17.7 Å². The first-order valence-electron chi connectivity index (χ1n) is 7.17. The quantitative estimate of drug-likeness (QED) is 0.862. The molecular weight excluding hydrogens is 326 g/mol. The van der Waals surface area contributed by atoms with Gasteiger partial charge in [0.2, 0.25) is 15.9 Å². The molecule has 0 bridgehead atoms. The zero-order valence-corrected chi connectivity index (χ0v) is 14.0. The molecule has 0 aromatic heterocycles. The van der Waals surface area contributed by atoms with Crippen LogP contribution in [0.25, 0.3) is 0 Å². The monoisotopic (exact) mass is 345 g/mol. The Bertz CT molecular complexity index is 628. The van der Waals surface area contributed by atoms with Crippen molar-refractivity contribution in [2.24, 2.45) is 0 Å². The lowest BCUT2D eigenvalue weighted by atomic mass is 10.2. The second-order valence-electron chi connectivity index (χ2n) is 5.07. The number of anilines is 1. The molecule has 0 aliphatic carbocycles. The number of halogens is 1. The minimum absolute atomic E-state index is 0.0250. The normalized spacial score (nSPS) is 15.9. The van der Waals surface area contributed by atoms with Crippen molar-refractivity contribution in [3.05, 3.63) is 29.3 Å². The van der Waals surface area contributed by atoms with Crippen molar-refractivity contribution in [2.75, 3.05) is 43.4 Å². The fraction of sp³-hybridized carbons (Fsp3) is 0.500. The second kappa shape index (κ2) is 7.30. The van der Waals surface area contributed by atoms with E-state index in [9.17, 15) is 13.2 Å². The van der Waals surface area contributed by atoms with Gasteiger partial charge in [0.1, 0.15) is 0 Å². The molecule has 0 unspecified atom stereocenters. The Balaban J connectivity index is 1.85. The first-order chi connectivity index (χ1) is 10.4. The summed E-state index contributed by atoms with van der Waals surface area (Å²) in [6, 6.07) is 7.60. The van der Waals surface area contributed by atoms with Crippen LogP contribution in [0.1, 0.15) is 6.92 Å². The van der Waals surface area contributed by atoms with Crippen LogP contribution in [0.5, 0.6) is 0 Å². The maximum Gasteiger partial charge on any atom is 0.237 e. The third kappa shape index (κ3) is 4.59. The van der Waals surface area contributed by atoms with Gasteiger partial charge in [0.15, 0.2) is 0 Å². The number of carbonyl (C=O) groups is 1. The van der Waals surface area contributed by atoms with E-state index in [1.165, 1.54) is 6.92 Å². The van der Waals surface area contributed by atoms with Crippen LogP contribution in [0.15, 0.2) is 24.3 Å². The number of sulfonamides is 1. The minimum Gasteiger partial charge on any atom is -0.368 e. The molecule has 1 N–H and O–H groups in total. The van der Waals surface area contributed by atoms with E-state index in [4.69, 9.17) is 11.6 Å². The number of nitrogens with zero attached hydrogens (tertiary/aromatic N) is 2. The van der Waals surface area contributed by atoms with Crippen LogP contribution in [0, 0.1) is 0 Å². The van der Waals surface area contributed by atoms with Crippen LogP contribution in [0.3, 0.4) is 0 Å². The topological polar surface area (TPSA) is 69.7 Å². The van der Waals surface area contributed by atoms with Crippen molar-refractivity contribution in [1.29, 1.82) is 0 Å². The standard InChI is InChI=1S/C14H20ClN3O3S/c1-2-22(20,21)16-11-14(19)18-8-6-17(7-9-18)13-5-3-4-12(15)10-13/h3-5,10,16H,2,6-9,11H2,1H3. The summed E-state index contributed by atoms with van der Waals surface area (Å²) in [6.07, 6.45) is 0. The van der Waals surface area contributed by atoms with Crippen molar-refractivity contribution < 1.29 is 13.2 Å². The number of hydrogen-bond donors (Lipinski definition) is 1. The van der Waals surface area contributed by atoms with Crippen LogP contribution < -0.4 is 9.62 Å². The van der Waals surface area contributed by atoms with Crippen molar-refractivity contribution in [1.82, 2.24) is 9.62 Å². The van der Waals surface area contributed by atoms with Crippen molar-refractivity contribution in [3.8, 4) is 0 Å². The van der Waals surface area contributed by atoms with Gasteiger partial charge in [-0.25, -0.2) is 13.1 Å². The molecular formula is C14H20ClN3O3S. The molecule has 8 heteroatoms. The number of hydrogen-bond acceptors (Lipinski definition) is 4. The molecule has 1 heterocycles. The maximum absolute atomic E-state index is 12.0. The van der Waals surface area contributed by atoms with E-state index < -0.39 is 10.0 Å². The Hall–Kier alpha value is -1.31. The first kappa shape index (κ1) is 17.1. The van der Waals surface area contributed by atoms with Gasteiger partial charge in [0.05, 0.1) is 12.3 Å². The van der Waals surface area contributed by atoms with Gasteiger partial charge in [-0.05, 0) is 25.1 Å². The van der Waals surface area contributed by atoms with Crippen LogP contribution in [-0.4, -0.2) is 57.7 Å². The van der Waals surface area contributed by atoms with E-state index in [-0.39, 0.29) is 18.2 Å². The van der Waals surface area contributed by atoms with E-state index in [1.807, 2.05) is 24.3 Å². The van der Waals surface area contributed by atoms with Crippen LogP contribution in [0.4, 0.5) is 5.69 Å². The average molecular weight is 346 g/mol. The van der Waals surface area contributed by atoms with E-state index in [1.54, 1.807) is 4.90 Å². The lowest BCUT2D eigenvalue weighted by Gasteiger charge is -2.36. The smallest absolute Gasteiger partial charge is 0.237 e. The highest BCUT2D eigenvalue weighted by Gasteiger charge is 2.22. The van der Waals surface area contributed by atoms with Crippen molar-refractivity contribution >= 4 is 33.2 Å². The van der Waals surface area contributed by atoms with E-state index >= 15 is 0 Å². The van der Waals surface area contributed by atoms with Crippen molar-refractivity contribution in [3.63, 3.8) is 0 Å². The summed E-state index contributed by atoms with van der Waals surface area (Å²) < 4.78 is 25.0. The Morgan fingerprint density at radius 2 is 1.95 bits per heavy atom. The van der Waals surface area contributed by atoms with Gasteiger partial charge in [-0.2, -0.15) is 0 Å². The molecule has 1 aliphatic heterocycles. The van der Waals surface area contributed by atoms with Crippen molar-refractivity contribution in [2.45, 2.75) is 6.92 Å². The highest BCUT2D eigenvalue weighted by molar-refractivity contribution is 7.89. The predicted molar refractivity (Wildman–Crippen MR) is 87.7 cm³/mol. The molecule has 0 saturated carbocycles. The van der Waals surface area contributed by atoms with Gasteiger partial charge >= 0.3 is 0 Å². The molecule has 1 amide bonds. The summed E-state index contributed by atoms with van der Waals surface area (Å²) in [5, 5.41) is 0.685. The van der Waals surface area contributed by atoms with Gasteiger partial charge in [0, 0.05) is 36.9 Å². The Morgan fingerprint density at radius 1 is 1.27 bits per heavy atom. The number of nitrogens with one attached hydrogen (secondary N) is 1. The Kier molecular flexibility index (Phi) is 5.66. The summed E-state index contributed by atoms with van der Waals surface area (Å²) in [4.78, 5) is 15.9. The molecule has 6 nitrogen and oxygen atoms in total. The highest BCUT2D eigenvalue weighted by atomic mass is 35.5. The fourth-order valence-electron chi connectivity index (χ4n) is 2.27. The lowest BCUT2D eigenvalue weighted by Crippen LogP contribution is -2.51. The number of benzene rings is 1. The fourth-order valence-corrected chi connectivity index (χ4v) is 3.00. The third-order valence-electron chi connectivity index (χ3n) is 3.63. The largest absolute Gasteiger partial charge is 0.368 e. The zero-order valence-electron chi connectivity index (χ0n) is 12.5. The summed E-state index contributed by atoms with van der Waals surface area (Å²) >= 11 is 5.98. The predicted octanol–water partition coefficient (Wildman–Crippen LogP) is 0.928. The second-order valence-corrected chi connectivity index (χ2v) is 7.60. The molecule has 2 rings (SSSR count). The Labute approximate surface area is 136 Å². The van der Waals surface area contributed by atoms with Gasteiger partial charge in [-0.3, -0.25) is 4.79 Å². The Morgan fingerprint density at radius 3 is 2.55 bits per heavy atom. The van der Waals surface area contributed by atoms with Gasteiger partial charge in [0.25, 0.3) is 0 Å². The lowest BCUT2D eigenvalue weighted by molar-refractivity contribution is -0.130. The molecule has 1 aromatic rings. The highest BCUT2D eigenvalue weighted by Crippen LogP contribution is 2.20. The first-order valence-corrected chi connectivity index (χ1v) is 9.20. The SMILES string of the molecule is CCS(=O)(=O)NCC(=O)N1CCN(c2cccc(Cl)c2)CC1. The molecule has 0 atom stereocenters. The molecule has 122 valence electrons. The van der Waals surface area contributed by atoms with Crippen LogP contribution >= 0.6 is 11.6 Å². The summed E-state index contributed by atoms with van der Waals surface area (Å²) in [6.45, 7) is 3.90. The molecule has 0 spiro atoms. The number of piperazine rings is 1. The maximum atomic E-state index is 12.0. The van der Waals surface area contributed by atoms with Crippen LogP contribution in [0.2, 0.25) is 5.02 Å². The van der Waals surface area contributed by atoms with Gasteiger partial charge < -0.3 is 9.80 Å². The van der Waals surface area contributed by atoms with Gasteiger partial charge in [-0.15, -0.1) is 0 Å². The summed E-state index contributed by atoms with van der Waals surface area (Å²) in [5.41, 5.74) is 1.03. The molecule has 1 aliphatic rings. The number of carbonyl (C=O) groups excluding carboxylic acids is 1.